The first-order valence-electron chi connectivity index (χ1n) is 14.1. The molecule has 2 fully saturated rings. The number of aromatic nitrogens is 2. The van der Waals surface area contributed by atoms with Crippen LogP contribution >= 0.6 is 0 Å². The molecule has 9 heteroatoms. The number of nitrogens with one attached hydrogen (secondary N) is 2. The van der Waals surface area contributed by atoms with Crippen molar-refractivity contribution in [2.24, 2.45) is 0 Å². The Bertz CT molecular complexity index is 1150. The Morgan fingerprint density at radius 1 is 1.13 bits per heavy atom. The second-order valence-electron chi connectivity index (χ2n) is 11.0. The van der Waals surface area contributed by atoms with E-state index in [0.29, 0.717) is 62.6 Å². The van der Waals surface area contributed by atoms with Crippen molar-refractivity contribution >= 4 is 29.3 Å². The number of carbonyl (C=O) groups excluding carboxylic acids is 2. The zero-order valence-electron chi connectivity index (χ0n) is 22.8. The molecule has 1 aliphatic carbocycles. The van der Waals surface area contributed by atoms with Crippen LogP contribution in [0.3, 0.4) is 0 Å². The van der Waals surface area contributed by atoms with Gasteiger partial charge in [0.05, 0.1) is 19.3 Å². The number of carbonyl (C=O) groups is 2. The Labute approximate surface area is 225 Å². The standard InChI is InChI=1S/C29H40N6O3/c1-19(2)35-18-25-26(28(35)37)32-29(34-15-16-38-24(17-34)13-14-30-20(3)36)33-27(25)31-23-11-9-22(10-12-23)21-7-5-4-6-8-21/h9-12,19,21,24H,4-8,13-18H2,1-3H3,(H,30,36)(H,31,32,33). The van der Waals surface area contributed by atoms with Crippen molar-refractivity contribution < 1.29 is 14.3 Å². The quantitative estimate of drug-likeness (QED) is 0.533. The minimum Gasteiger partial charge on any atom is -0.374 e. The van der Waals surface area contributed by atoms with Crippen molar-refractivity contribution in [1.29, 1.82) is 0 Å². The van der Waals surface area contributed by atoms with Crippen LogP contribution in [0.25, 0.3) is 0 Å². The normalized spacial score (nSPS) is 20.1. The van der Waals surface area contributed by atoms with Gasteiger partial charge in [0.2, 0.25) is 11.9 Å². The van der Waals surface area contributed by atoms with Gasteiger partial charge in [-0.3, -0.25) is 9.59 Å². The average Bonchev–Trinajstić information content (AvgIpc) is 3.26. The molecule has 1 aromatic heterocycles. The summed E-state index contributed by atoms with van der Waals surface area (Å²) in [6.07, 6.45) is 7.19. The molecule has 3 aliphatic rings. The van der Waals surface area contributed by atoms with Gasteiger partial charge in [0.1, 0.15) is 11.5 Å². The summed E-state index contributed by atoms with van der Waals surface area (Å²) < 4.78 is 5.92. The van der Waals surface area contributed by atoms with Crippen molar-refractivity contribution in [3.63, 3.8) is 0 Å². The fourth-order valence-corrected chi connectivity index (χ4v) is 5.73. The molecule has 0 radical (unpaired) electrons. The van der Waals surface area contributed by atoms with Crippen molar-refractivity contribution in [3.05, 3.63) is 41.1 Å². The highest BCUT2D eigenvalue weighted by atomic mass is 16.5. The first-order valence-corrected chi connectivity index (χ1v) is 14.1. The number of fused-ring (bicyclic) bond motifs is 1. The molecular formula is C29H40N6O3. The van der Waals surface area contributed by atoms with E-state index in [1.54, 1.807) is 0 Å². The van der Waals surface area contributed by atoms with Crippen LogP contribution in [0.2, 0.25) is 0 Å². The first-order chi connectivity index (χ1) is 18.4. The molecule has 2 N–H and O–H groups in total. The van der Waals surface area contributed by atoms with Gasteiger partial charge in [-0.1, -0.05) is 31.4 Å². The summed E-state index contributed by atoms with van der Waals surface area (Å²) in [5.41, 5.74) is 3.69. The Hall–Kier alpha value is -3.20. The van der Waals surface area contributed by atoms with Crippen LogP contribution in [0.5, 0.6) is 0 Å². The molecule has 9 nitrogen and oxygen atoms in total. The Morgan fingerprint density at radius 3 is 2.61 bits per heavy atom. The first kappa shape index (κ1) is 26.4. The predicted octanol–water partition coefficient (Wildman–Crippen LogP) is 4.36. The minimum absolute atomic E-state index is 0.0425. The Balaban J connectivity index is 1.38. The molecule has 0 spiro atoms. The van der Waals surface area contributed by atoms with E-state index >= 15 is 0 Å². The fraction of sp³-hybridized carbons (Fsp3) is 0.586. The molecule has 5 rings (SSSR count). The van der Waals surface area contributed by atoms with E-state index in [4.69, 9.17) is 14.7 Å². The lowest BCUT2D eigenvalue weighted by atomic mass is 9.84. The molecule has 0 bridgehead atoms. The summed E-state index contributed by atoms with van der Waals surface area (Å²) in [7, 11) is 0. The molecule has 3 heterocycles. The van der Waals surface area contributed by atoms with Crippen LogP contribution in [0.1, 0.15) is 86.8 Å². The maximum atomic E-state index is 13.3. The monoisotopic (exact) mass is 520 g/mol. The number of anilines is 3. The zero-order valence-corrected chi connectivity index (χ0v) is 22.8. The summed E-state index contributed by atoms with van der Waals surface area (Å²) in [5, 5.41) is 6.35. The van der Waals surface area contributed by atoms with Gasteiger partial charge >= 0.3 is 0 Å². The average molecular weight is 521 g/mol. The summed E-state index contributed by atoms with van der Waals surface area (Å²) in [6.45, 7) is 8.42. The molecule has 1 aromatic carbocycles. The number of benzene rings is 1. The molecule has 38 heavy (non-hydrogen) atoms. The van der Waals surface area contributed by atoms with Gasteiger partial charge in [-0.2, -0.15) is 4.98 Å². The molecule has 1 atom stereocenters. The van der Waals surface area contributed by atoms with Crippen molar-refractivity contribution in [2.45, 2.75) is 83.9 Å². The number of rotatable bonds is 8. The van der Waals surface area contributed by atoms with Crippen molar-refractivity contribution in [1.82, 2.24) is 20.2 Å². The van der Waals surface area contributed by atoms with Crippen LogP contribution in [0.15, 0.2) is 24.3 Å². The highest BCUT2D eigenvalue weighted by Gasteiger charge is 2.35. The van der Waals surface area contributed by atoms with Crippen LogP contribution in [-0.2, 0) is 16.1 Å². The SMILES string of the molecule is CC(=O)NCCC1CN(c2nc(Nc3ccc(C4CCCCC4)cc3)c3c(n2)C(=O)N(C(C)C)C3)CCO1. The fourth-order valence-electron chi connectivity index (χ4n) is 5.73. The van der Waals surface area contributed by atoms with E-state index in [1.807, 2.05) is 18.7 Å². The third kappa shape index (κ3) is 5.93. The van der Waals surface area contributed by atoms with E-state index in [1.165, 1.54) is 44.6 Å². The summed E-state index contributed by atoms with van der Waals surface area (Å²) in [6, 6.07) is 8.79. The summed E-state index contributed by atoms with van der Waals surface area (Å²) in [5.74, 6) is 1.79. The molecule has 2 aliphatic heterocycles. The third-order valence-electron chi connectivity index (χ3n) is 7.92. The van der Waals surface area contributed by atoms with Crippen molar-refractivity contribution in [3.8, 4) is 0 Å². The number of ether oxygens (including phenoxy) is 1. The number of hydrogen-bond acceptors (Lipinski definition) is 7. The lowest BCUT2D eigenvalue weighted by Crippen LogP contribution is -2.44. The van der Waals surface area contributed by atoms with E-state index in [9.17, 15) is 9.59 Å². The van der Waals surface area contributed by atoms with Gasteiger partial charge < -0.3 is 25.2 Å². The number of amides is 2. The van der Waals surface area contributed by atoms with Crippen LogP contribution in [-0.4, -0.2) is 65.1 Å². The van der Waals surface area contributed by atoms with E-state index in [-0.39, 0.29) is 24.0 Å². The number of morpholine rings is 1. The van der Waals surface area contributed by atoms with Gasteiger partial charge in [-0.05, 0) is 56.7 Å². The van der Waals surface area contributed by atoms with Crippen LogP contribution < -0.4 is 15.5 Å². The second kappa shape index (κ2) is 11.7. The van der Waals surface area contributed by atoms with Crippen LogP contribution in [0, 0.1) is 0 Å². The molecule has 2 aromatic rings. The summed E-state index contributed by atoms with van der Waals surface area (Å²) >= 11 is 0. The van der Waals surface area contributed by atoms with E-state index < -0.39 is 0 Å². The second-order valence-corrected chi connectivity index (χ2v) is 11.0. The lowest BCUT2D eigenvalue weighted by molar-refractivity contribution is -0.119. The molecular weight excluding hydrogens is 480 g/mol. The van der Waals surface area contributed by atoms with Crippen LogP contribution in [0.4, 0.5) is 17.5 Å². The summed E-state index contributed by atoms with van der Waals surface area (Å²) in [4.78, 5) is 38.2. The van der Waals surface area contributed by atoms with E-state index in [0.717, 1.165) is 11.3 Å². The molecule has 1 unspecified atom stereocenters. The highest BCUT2D eigenvalue weighted by molar-refractivity contribution is 5.98. The van der Waals surface area contributed by atoms with Gasteiger partial charge in [0.15, 0.2) is 0 Å². The Morgan fingerprint density at radius 2 is 1.89 bits per heavy atom. The molecule has 2 amide bonds. The van der Waals surface area contributed by atoms with Gasteiger partial charge in [0.25, 0.3) is 5.91 Å². The lowest BCUT2D eigenvalue weighted by Gasteiger charge is -2.33. The number of nitrogens with zero attached hydrogens (tertiary/aromatic N) is 4. The molecule has 1 saturated heterocycles. The Kier molecular flexibility index (Phi) is 8.12. The minimum atomic E-state index is -0.0511. The number of hydrogen-bond donors (Lipinski definition) is 2. The predicted molar refractivity (Wildman–Crippen MR) is 148 cm³/mol. The molecule has 1 saturated carbocycles. The van der Waals surface area contributed by atoms with Crippen molar-refractivity contribution in [2.75, 3.05) is 36.5 Å². The maximum absolute atomic E-state index is 13.3. The van der Waals surface area contributed by atoms with Gasteiger partial charge in [0, 0.05) is 43.9 Å². The van der Waals surface area contributed by atoms with E-state index in [2.05, 4.69) is 39.8 Å². The zero-order chi connectivity index (χ0) is 26.6. The maximum Gasteiger partial charge on any atom is 0.273 e. The van der Waals surface area contributed by atoms with Gasteiger partial charge in [-0.25, -0.2) is 4.98 Å². The third-order valence-corrected chi connectivity index (χ3v) is 7.92. The highest BCUT2D eigenvalue weighted by Crippen LogP contribution is 2.35. The van der Waals surface area contributed by atoms with Gasteiger partial charge in [-0.15, -0.1) is 0 Å². The largest absolute Gasteiger partial charge is 0.374 e. The topological polar surface area (TPSA) is 99.7 Å². The smallest absolute Gasteiger partial charge is 0.273 e. The molecule has 204 valence electrons.